The van der Waals surface area contributed by atoms with Gasteiger partial charge in [-0.3, -0.25) is 0 Å². The Hall–Kier alpha value is -1.77. The van der Waals surface area contributed by atoms with Crippen molar-refractivity contribution in [2.45, 2.75) is 6.92 Å². The van der Waals surface area contributed by atoms with Crippen LogP contribution in [0.25, 0.3) is 0 Å². The van der Waals surface area contributed by atoms with Gasteiger partial charge in [0.2, 0.25) is 0 Å². The lowest BCUT2D eigenvalue weighted by Gasteiger charge is -2.00. The zero-order chi connectivity index (χ0) is 9.68. The summed E-state index contributed by atoms with van der Waals surface area (Å²) in [5, 5.41) is 9.05. The molecule has 68 valence electrons. The maximum absolute atomic E-state index is 10.9. The van der Waals surface area contributed by atoms with Crippen LogP contribution in [0.2, 0.25) is 0 Å². The maximum atomic E-state index is 10.9. The second-order valence-electron chi connectivity index (χ2n) is 2.42. The van der Waals surface area contributed by atoms with Crippen LogP contribution in [0.5, 0.6) is 11.5 Å². The van der Waals surface area contributed by atoms with E-state index in [1.54, 1.807) is 25.1 Å². The van der Waals surface area contributed by atoms with Crippen LogP contribution in [0.1, 0.15) is 6.92 Å². The first-order valence-corrected chi connectivity index (χ1v) is 3.86. The van der Waals surface area contributed by atoms with Crippen LogP contribution in [0, 0.1) is 0 Å². The van der Waals surface area contributed by atoms with Gasteiger partial charge in [-0.25, -0.2) is 4.79 Å². The average Bonchev–Trinajstić information content (AvgIpc) is 2.04. The fourth-order valence-corrected chi connectivity index (χ4v) is 0.833. The molecule has 0 aliphatic carbocycles. The van der Waals surface area contributed by atoms with Crippen LogP contribution in [0.3, 0.4) is 0 Å². The van der Waals surface area contributed by atoms with Crippen molar-refractivity contribution in [3.63, 3.8) is 0 Å². The minimum Gasteiger partial charge on any atom is -0.508 e. The second kappa shape index (κ2) is 4.30. The van der Waals surface area contributed by atoms with Crippen LogP contribution < -0.4 is 4.74 Å². The third-order valence-electron chi connectivity index (χ3n) is 1.34. The molecule has 3 heteroatoms. The van der Waals surface area contributed by atoms with E-state index >= 15 is 0 Å². The molecule has 0 aliphatic heterocycles. The molecule has 0 heterocycles. The fourth-order valence-electron chi connectivity index (χ4n) is 0.833. The van der Waals surface area contributed by atoms with Crippen LogP contribution >= 0.6 is 0 Å². The minimum absolute atomic E-state index is 0.0748. The molecule has 0 saturated heterocycles. The topological polar surface area (TPSA) is 46.5 Å². The highest BCUT2D eigenvalue weighted by Crippen LogP contribution is 2.17. The fraction of sp³-hybridized carbons (Fsp3) is 0.100. The van der Waals surface area contributed by atoms with Gasteiger partial charge in [0.15, 0.2) is 0 Å². The van der Waals surface area contributed by atoms with E-state index in [9.17, 15) is 4.79 Å². The molecule has 0 fully saturated rings. The zero-order valence-electron chi connectivity index (χ0n) is 7.23. The Morgan fingerprint density at radius 1 is 1.54 bits per heavy atom. The summed E-state index contributed by atoms with van der Waals surface area (Å²) in [4.78, 5) is 10.9. The number of ether oxygens (including phenoxy) is 1. The Labute approximate surface area is 76.3 Å². The number of hydrogen-bond donors (Lipinski definition) is 1. The van der Waals surface area contributed by atoms with Crippen molar-refractivity contribution in [3.05, 3.63) is 36.4 Å². The molecule has 0 aromatic heterocycles. The van der Waals surface area contributed by atoms with Crippen LogP contribution in [-0.2, 0) is 4.79 Å². The average molecular weight is 178 g/mol. The summed E-state index contributed by atoms with van der Waals surface area (Å²) in [6.07, 6.45) is 2.90. The predicted octanol–water partition coefficient (Wildman–Crippen LogP) is 1.87. The smallest absolute Gasteiger partial charge is 0.335 e. The van der Waals surface area contributed by atoms with E-state index in [1.165, 1.54) is 18.2 Å². The van der Waals surface area contributed by atoms with Crippen molar-refractivity contribution in [3.8, 4) is 11.5 Å². The number of rotatable bonds is 2. The molecule has 0 atom stereocenters. The second-order valence-corrected chi connectivity index (χ2v) is 2.42. The molecule has 0 amide bonds. The number of hydrogen-bond acceptors (Lipinski definition) is 3. The molecule has 0 aliphatic rings. The molecular formula is C10H10O3. The lowest BCUT2D eigenvalue weighted by Crippen LogP contribution is -2.02. The van der Waals surface area contributed by atoms with Gasteiger partial charge in [-0.2, -0.15) is 0 Å². The quantitative estimate of drug-likeness (QED) is 0.427. The van der Waals surface area contributed by atoms with E-state index in [2.05, 4.69) is 0 Å². The molecule has 0 radical (unpaired) electrons. The van der Waals surface area contributed by atoms with Crippen LogP contribution in [0.4, 0.5) is 0 Å². The molecule has 13 heavy (non-hydrogen) atoms. The van der Waals surface area contributed by atoms with Crippen molar-refractivity contribution in [2.24, 2.45) is 0 Å². The normalized spacial score (nSPS) is 10.2. The number of aromatic hydroxyl groups is 1. The Bertz CT molecular complexity index is 329. The van der Waals surface area contributed by atoms with Gasteiger partial charge in [0.05, 0.1) is 0 Å². The molecule has 0 bridgehead atoms. The van der Waals surface area contributed by atoms with Gasteiger partial charge in [-0.05, 0) is 19.1 Å². The van der Waals surface area contributed by atoms with Crippen LogP contribution in [0.15, 0.2) is 36.4 Å². The summed E-state index contributed by atoms with van der Waals surface area (Å²) in [5.74, 6) is -0.0398. The summed E-state index contributed by atoms with van der Waals surface area (Å²) in [6.45, 7) is 1.73. The summed E-state index contributed by atoms with van der Waals surface area (Å²) in [7, 11) is 0. The maximum Gasteiger partial charge on any atom is 0.335 e. The monoisotopic (exact) mass is 178 g/mol. The highest BCUT2D eigenvalue weighted by atomic mass is 16.5. The Morgan fingerprint density at radius 2 is 2.31 bits per heavy atom. The van der Waals surface area contributed by atoms with Crippen molar-refractivity contribution >= 4 is 5.97 Å². The van der Waals surface area contributed by atoms with Crippen molar-refractivity contribution in [2.75, 3.05) is 0 Å². The molecule has 3 nitrogen and oxygen atoms in total. The lowest BCUT2D eigenvalue weighted by molar-refractivity contribution is -0.128. The lowest BCUT2D eigenvalue weighted by atomic mass is 10.3. The van der Waals surface area contributed by atoms with E-state index in [-0.39, 0.29) is 5.75 Å². The third-order valence-corrected chi connectivity index (χ3v) is 1.34. The summed E-state index contributed by atoms with van der Waals surface area (Å²) >= 11 is 0. The number of phenolic OH excluding ortho intramolecular Hbond substituents is 1. The van der Waals surface area contributed by atoms with Crippen molar-refractivity contribution in [1.82, 2.24) is 0 Å². The van der Waals surface area contributed by atoms with E-state index < -0.39 is 5.97 Å². The molecule has 0 unspecified atom stereocenters. The number of esters is 1. The Morgan fingerprint density at radius 3 is 2.92 bits per heavy atom. The van der Waals surface area contributed by atoms with Crippen molar-refractivity contribution < 1.29 is 14.6 Å². The number of allylic oxidation sites excluding steroid dienone is 1. The van der Waals surface area contributed by atoms with Gasteiger partial charge in [0.1, 0.15) is 11.5 Å². The number of carbonyl (C=O) groups excluding carboxylic acids is 1. The van der Waals surface area contributed by atoms with Gasteiger partial charge in [-0.15, -0.1) is 0 Å². The zero-order valence-corrected chi connectivity index (χ0v) is 7.23. The van der Waals surface area contributed by atoms with E-state index in [1.807, 2.05) is 0 Å². The third kappa shape index (κ3) is 2.99. The van der Waals surface area contributed by atoms with Gasteiger partial charge >= 0.3 is 5.97 Å². The number of phenols is 1. The predicted molar refractivity (Wildman–Crippen MR) is 48.6 cm³/mol. The van der Waals surface area contributed by atoms with Gasteiger partial charge < -0.3 is 9.84 Å². The van der Waals surface area contributed by atoms with Crippen LogP contribution in [-0.4, -0.2) is 11.1 Å². The van der Waals surface area contributed by atoms with Gasteiger partial charge in [0.25, 0.3) is 0 Å². The molecule has 1 aromatic carbocycles. The molecule has 1 aromatic rings. The van der Waals surface area contributed by atoms with Crippen molar-refractivity contribution in [1.29, 1.82) is 0 Å². The minimum atomic E-state index is -0.451. The first-order valence-electron chi connectivity index (χ1n) is 3.86. The summed E-state index contributed by atoms with van der Waals surface area (Å²) in [6, 6.07) is 6.09. The number of carbonyl (C=O) groups is 1. The molecule has 0 spiro atoms. The highest BCUT2D eigenvalue weighted by Gasteiger charge is 1.99. The highest BCUT2D eigenvalue weighted by molar-refractivity contribution is 5.83. The first kappa shape index (κ1) is 9.32. The van der Waals surface area contributed by atoms with Gasteiger partial charge in [-0.1, -0.05) is 12.1 Å². The van der Waals surface area contributed by atoms with E-state index in [4.69, 9.17) is 9.84 Å². The summed E-state index contributed by atoms with van der Waals surface area (Å²) < 4.78 is 4.85. The van der Waals surface area contributed by atoms with E-state index in [0.717, 1.165) is 0 Å². The summed E-state index contributed by atoms with van der Waals surface area (Å²) in [5.41, 5.74) is 0. The van der Waals surface area contributed by atoms with Gasteiger partial charge in [0, 0.05) is 12.1 Å². The first-order chi connectivity index (χ1) is 6.22. The van der Waals surface area contributed by atoms with E-state index in [0.29, 0.717) is 5.75 Å². The molecule has 1 rings (SSSR count). The largest absolute Gasteiger partial charge is 0.508 e. The standard InChI is InChI=1S/C10H10O3/c1-2-4-10(12)13-9-6-3-5-8(11)7-9/h2-7,11H,1H3/b4-2+. The SMILES string of the molecule is C/C=C/C(=O)Oc1cccc(O)c1. The molecular weight excluding hydrogens is 168 g/mol. The Balaban J connectivity index is 2.69. The molecule has 1 N–H and O–H groups in total. The Kier molecular flexibility index (Phi) is 3.09. The molecule has 0 saturated carbocycles. The number of benzene rings is 1.